The first-order chi connectivity index (χ1) is 12.0. The van der Waals surface area contributed by atoms with E-state index in [1.807, 2.05) is 7.05 Å². The summed E-state index contributed by atoms with van der Waals surface area (Å²) in [6, 6.07) is 3.66. The highest BCUT2D eigenvalue weighted by Gasteiger charge is 2.57. The van der Waals surface area contributed by atoms with E-state index in [-0.39, 0.29) is 5.56 Å². The molecule has 26 heavy (non-hydrogen) atoms. The molecule has 2 aliphatic rings. The Labute approximate surface area is 146 Å². The number of hydrogen-bond acceptors (Lipinski definition) is 2. The highest BCUT2D eigenvalue weighted by molar-refractivity contribution is 5.94. The van der Waals surface area contributed by atoms with Crippen LogP contribution in [0, 0.1) is 17.8 Å². The van der Waals surface area contributed by atoms with Gasteiger partial charge in [-0.3, -0.25) is 4.79 Å². The zero-order chi connectivity index (χ0) is 19.3. The van der Waals surface area contributed by atoms with Gasteiger partial charge in [-0.2, -0.15) is 26.3 Å². The standard InChI is InChI=1S/C17H18F6N2O/c1-25-7-12-11(13(12)8-25)6-24-15(26)10-4-2-3-9(5-10)14(16(18,19)20)17(21,22)23/h2-5,11-14H,6-8H2,1H3,(H,24,26). The molecule has 1 heterocycles. The predicted molar refractivity (Wildman–Crippen MR) is 81.6 cm³/mol. The molecule has 1 aliphatic carbocycles. The number of likely N-dealkylation sites (tertiary alicyclic amines) is 1. The van der Waals surface area contributed by atoms with Gasteiger partial charge in [-0.05, 0) is 42.5 Å². The van der Waals surface area contributed by atoms with Gasteiger partial charge in [0.25, 0.3) is 5.91 Å². The Morgan fingerprint density at radius 3 is 2.27 bits per heavy atom. The van der Waals surface area contributed by atoms with Crippen LogP contribution >= 0.6 is 0 Å². The zero-order valence-electron chi connectivity index (χ0n) is 13.9. The van der Waals surface area contributed by atoms with Crippen LogP contribution in [0.2, 0.25) is 0 Å². The van der Waals surface area contributed by atoms with Crippen molar-refractivity contribution in [1.82, 2.24) is 10.2 Å². The smallest absolute Gasteiger partial charge is 0.352 e. The van der Waals surface area contributed by atoms with Crippen LogP contribution in [0.5, 0.6) is 0 Å². The Morgan fingerprint density at radius 2 is 1.73 bits per heavy atom. The molecule has 0 bridgehead atoms. The number of benzene rings is 1. The van der Waals surface area contributed by atoms with E-state index in [4.69, 9.17) is 0 Å². The van der Waals surface area contributed by atoms with Gasteiger partial charge in [-0.15, -0.1) is 0 Å². The second-order valence-electron chi connectivity index (χ2n) is 7.06. The van der Waals surface area contributed by atoms with E-state index >= 15 is 0 Å². The van der Waals surface area contributed by atoms with Gasteiger partial charge in [0.2, 0.25) is 0 Å². The zero-order valence-corrected chi connectivity index (χ0v) is 13.9. The lowest BCUT2D eigenvalue weighted by molar-refractivity contribution is -0.253. The quantitative estimate of drug-likeness (QED) is 0.812. The van der Waals surface area contributed by atoms with Crippen molar-refractivity contribution in [2.24, 2.45) is 17.8 Å². The van der Waals surface area contributed by atoms with Gasteiger partial charge in [0.15, 0.2) is 5.92 Å². The number of carbonyl (C=O) groups is 1. The minimum absolute atomic E-state index is 0.205. The number of nitrogens with one attached hydrogen (secondary N) is 1. The average molecular weight is 380 g/mol. The summed E-state index contributed by atoms with van der Waals surface area (Å²) in [4.78, 5) is 14.3. The molecule has 1 aromatic carbocycles. The molecule has 3 rings (SSSR count). The number of nitrogens with zero attached hydrogens (tertiary/aromatic N) is 1. The van der Waals surface area contributed by atoms with Crippen LogP contribution < -0.4 is 5.32 Å². The van der Waals surface area contributed by atoms with Crippen molar-refractivity contribution in [3.8, 4) is 0 Å². The van der Waals surface area contributed by atoms with E-state index in [2.05, 4.69) is 10.2 Å². The lowest BCUT2D eigenvalue weighted by atomic mass is 9.96. The van der Waals surface area contributed by atoms with Crippen molar-refractivity contribution >= 4 is 5.91 Å². The fourth-order valence-corrected chi connectivity index (χ4v) is 3.90. The largest absolute Gasteiger partial charge is 0.404 e. The van der Waals surface area contributed by atoms with E-state index in [1.165, 1.54) is 6.07 Å². The molecule has 1 saturated heterocycles. The van der Waals surface area contributed by atoms with Gasteiger partial charge in [0.1, 0.15) is 0 Å². The topological polar surface area (TPSA) is 32.3 Å². The van der Waals surface area contributed by atoms with Gasteiger partial charge in [0.05, 0.1) is 0 Å². The molecule has 0 aromatic heterocycles. The number of rotatable bonds is 4. The number of amides is 1. The Bertz CT molecular complexity index is 661. The number of carbonyl (C=O) groups excluding carboxylic acids is 1. The lowest BCUT2D eigenvalue weighted by Crippen LogP contribution is -2.34. The van der Waals surface area contributed by atoms with Crippen LogP contribution in [-0.2, 0) is 0 Å². The third-order valence-electron chi connectivity index (χ3n) is 5.19. The fraction of sp³-hybridized carbons (Fsp3) is 0.588. The number of fused-ring (bicyclic) bond motifs is 1. The molecule has 144 valence electrons. The first-order valence-electron chi connectivity index (χ1n) is 8.18. The summed E-state index contributed by atoms with van der Waals surface area (Å²) in [6.45, 7) is 2.27. The van der Waals surface area contributed by atoms with Crippen LogP contribution in [-0.4, -0.2) is 49.8 Å². The second-order valence-corrected chi connectivity index (χ2v) is 7.06. The molecule has 1 aromatic rings. The summed E-state index contributed by atoms with van der Waals surface area (Å²) in [5.74, 6) is -2.93. The van der Waals surface area contributed by atoms with Gasteiger partial charge in [-0.25, -0.2) is 0 Å². The average Bonchev–Trinajstić information content (AvgIpc) is 2.95. The van der Waals surface area contributed by atoms with Crippen molar-refractivity contribution < 1.29 is 31.1 Å². The van der Waals surface area contributed by atoms with Gasteiger partial charge >= 0.3 is 12.4 Å². The van der Waals surface area contributed by atoms with Crippen LogP contribution in [0.4, 0.5) is 26.3 Å². The number of piperidine rings is 1. The molecule has 3 nitrogen and oxygen atoms in total. The minimum Gasteiger partial charge on any atom is -0.352 e. The van der Waals surface area contributed by atoms with E-state index in [0.717, 1.165) is 25.2 Å². The molecule has 9 heteroatoms. The van der Waals surface area contributed by atoms with Gasteiger partial charge in [-0.1, -0.05) is 12.1 Å². The summed E-state index contributed by atoms with van der Waals surface area (Å²) < 4.78 is 77.0. The van der Waals surface area contributed by atoms with Crippen molar-refractivity contribution in [2.45, 2.75) is 18.3 Å². The van der Waals surface area contributed by atoms with Crippen molar-refractivity contribution in [2.75, 3.05) is 26.7 Å². The highest BCUT2D eigenvalue weighted by atomic mass is 19.4. The molecule has 1 aliphatic heterocycles. The number of hydrogen-bond donors (Lipinski definition) is 1. The molecule has 0 radical (unpaired) electrons. The van der Waals surface area contributed by atoms with E-state index < -0.39 is 29.7 Å². The van der Waals surface area contributed by atoms with Crippen molar-refractivity contribution in [3.63, 3.8) is 0 Å². The lowest BCUT2D eigenvalue weighted by Gasteiger charge is -2.23. The summed E-state index contributed by atoms with van der Waals surface area (Å²) in [5.41, 5.74) is -1.19. The molecule has 2 unspecified atom stereocenters. The molecule has 1 N–H and O–H groups in total. The SMILES string of the molecule is CN1CC2C(CNC(=O)c3cccc(C(C(F)(F)F)C(F)(F)F)c3)C2C1. The third kappa shape index (κ3) is 3.82. The summed E-state index contributed by atoms with van der Waals surface area (Å²) in [6.07, 6.45) is -11.0. The summed E-state index contributed by atoms with van der Waals surface area (Å²) in [5, 5.41) is 2.63. The van der Waals surface area contributed by atoms with E-state index in [1.54, 1.807) is 0 Å². The Kier molecular flexibility index (Phi) is 4.71. The van der Waals surface area contributed by atoms with E-state index in [0.29, 0.717) is 30.4 Å². The fourth-order valence-electron chi connectivity index (χ4n) is 3.90. The second kappa shape index (κ2) is 6.44. The van der Waals surface area contributed by atoms with E-state index in [9.17, 15) is 31.1 Å². The monoisotopic (exact) mass is 380 g/mol. The Hall–Kier alpha value is -1.77. The normalized spacial score (nSPS) is 26.1. The van der Waals surface area contributed by atoms with Gasteiger partial charge in [0, 0.05) is 25.2 Å². The number of alkyl halides is 6. The molecular weight excluding hydrogens is 362 g/mol. The van der Waals surface area contributed by atoms with Crippen LogP contribution in [0.15, 0.2) is 24.3 Å². The highest BCUT2D eigenvalue weighted by Crippen LogP contribution is 2.50. The maximum atomic E-state index is 12.8. The Balaban J connectivity index is 1.67. The van der Waals surface area contributed by atoms with Crippen LogP contribution in [0.25, 0.3) is 0 Å². The van der Waals surface area contributed by atoms with Crippen molar-refractivity contribution in [3.05, 3.63) is 35.4 Å². The maximum absolute atomic E-state index is 12.8. The summed E-state index contributed by atoms with van der Waals surface area (Å²) >= 11 is 0. The first-order valence-corrected chi connectivity index (χ1v) is 8.18. The molecular formula is C17H18F6N2O. The molecule has 2 atom stereocenters. The third-order valence-corrected chi connectivity index (χ3v) is 5.19. The molecule has 1 saturated carbocycles. The van der Waals surface area contributed by atoms with Crippen LogP contribution in [0.1, 0.15) is 21.8 Å². The van der Waals surface area contributed by atoms with Crippen molar-refractivity contribution in [1.29, 1.82) is 0 Å². The minimum atomic E-state index is -5.48. The Morgan fingerprint density at radius 1 is 1.15 bits per heavy atom. The maximum Gasteiger partial charge on any atom is 0.404 e. The molecule has 0 spiro atoms. The first kappa shape index (κ1) is 19.0. The van der Waals surface area contributed by atoms with Gasteiger partial charge < -0.3 is 10.2 Å². The van der Waals surface area contributed by atoms with Crippen LogP contribution in [0.3, 0.4) is 0 Å². The predicted octanol–water partition coefficient (Wildman–Crippen LogP) is 3.43. The summed E-state index contributed by atoms with van der Waals surface area (Å²) in [7, 11) is 2.00. The molecule has 2 fully saturated rings. The molecule has 1 amide bonds. The number of halogens is 6.